The Kier molecular flexibility index (Phi) is 4.17. The second kappa shape index (κ2) is 5.39. The van der Waals surface area contributed by atoms with E-state index in [1.54, 1.807) is 14.2 Å². The van der Waals surface area contributed by atoms with Crippen molar-refractivity contribution in [2.75, 3.05) is 14.2 Å². The highest BCUT2D eigenvalue weighted by Gasteiger charge is 2.09. The molecule has 0 atom stereocenters. The van der Waals surface area contributed by atoms with Crippen LogP contribution < -0.4 is 9.47 Å². The minimum Gasteiger partial charge on any atom is -0.493 e. The Labute approximate surface area is 94.8 Å². The first kappa shape index (κ1) is 12.4. The minimum absolute atomic E-state index is 0.120. The number of aliphatic carboxylic acids is 1. The molecule has 0 heterocycles. The van der Waals surface area contributed by atoms with Gasteiger partial charge >= 0.3 is 5.97 Å². The molecule has 0 aliphatic heterocycles. The highest BCUT2D eigenvalue weighted by molar-refractivity contribution is 5.67. The predicted molar refractivity (Wildman–Crippen MR) is 60.2 cm³/mol. The SMILES string of the molecule is COc1cc(CCC(=O)O)cc(C)c1OC. The van der Waals surface area contributed by atoms with Gasteiger partial charge in [-0.2, -0.15) is 0 Å². The first-order valence-electron chi connectivity index (χ1n) is 5.01. The van der Waals surface area contributed by atoms with E-state index in [2.05, 4.69) is 0 Å². The maximum absolute atomic E-state index is 10.5. The highest BCUT2D eigenvalue weighted by Crippen LogP contribution is 2.32. The van der Waals surface area contributed by atoms with Gasteiger partial charge in [-0.25, -0.2) is 0 Å². The Hall–Kier alpha value is -1.71. The molecule has 0 radical (unpaired) electrons. The summed E-state index contributed by atoms with van der Waals surface area (Å²) in [5, 5.41) is 8.62. The predicted octanol–water partition coefficient (Wildman–Crippen LogP) is 2.03. The third kappa shape index (κ3) is 2.89. The van der Waals surface area contributed by atoms with Crippen LogP contribution >= 0.6 is 0 Å². The third-order valence-corrected chi connectivity index (χ3v) is 2.35. The molecule has 0 spiro atoms. The number of aryl methyl sites for hydroxylation is 2. The van der Waals surface area contributed by atoms with Crippen molar-refractivity contribution >= 4 is 5.97 Å². The van der Waals surface area contributed by atoms with Crippen molar-refractivity contribution in [3.63, 3.8) is 0 Å². The third-order valence-electron chi connectivity index (χ3n) is 2.35. The fourth-order valence-electron chi connectivity index (χ4n) is 1.62. The summed E-state index contributed by atoms with van der Waals surface area (Å²) in [6.07, 6.45) is 0.617. The van der Waals surface area contributed by atoms with Gasteiger partial charge in [-0.1, -0.05) is 6.07 Å². The molecule has 1 rings (SSSR count). The van der Waals surface area contributed by atoms with Crippen LogP contribution in [0.15, 0.2) is 12.1 Å². The molecule has 0 aliphatic carbocycles. The van der Waals surface area contributed by atoms with Crippen LogP contribution in [0.25, 0.3) is 0 Å². The molecule has 1 aromatic carbocycles. The molecule has 0 bridgehead atoms. The van der Waals surface area contributed by atoms with Gasteiger partial charge in [-0.05, 0) is 30.5 Å². The molecule has 0 unspecified atom stereocenters. The van der Waals surface area contributed by atoms with E-state index >= 15 is 0 Å². The lowest BCUT2D eigenvalue weighted by Gasteiger charge is -2.12. The minimum atomic E-state index is -0.799. The molecule has 16 heavy (non-hydrogen) atoms. The van der Waals surface area contributed by atoms with Crippen molar-refractivity contribution in [2.45, 2.75) is 19.8 Å². The van der Waals surface area contributed by atoms with Crippen LogP contribution in [0.1, 0.15) is 17.5 Å². The molecule has 88 valence electrons. The molecule has 0 fully saturated rings. The monoisotopic (exact) mass is 224 g/mol. The van der Waals surface area contributed by atoms with E-state index in [-0.39, 0.29) is 6.42 Å². The topological polar surface area (TPSA) is 55.8 Å². The number of rotatable bonds is 5. The van der Waals surface area contributed by atoms with Crippen LogP contribution in [0.4, 0.5) is 0 Å². The Morgan fingerprint density at radius 2 is 2.00 bits per heavy atom. The standard InChI is InChI=1S/C12H16O4/c1-8-6-9(4-5-11(13)14)7-10(15-2)12(8)16-3/h6-7H,4-5H2,1-3H3,(H,13,14). The van der Waals surface area contributed by atoms with Gasteiger partial charge in [0.15, 0.2) is 11.5 Å². The number of carbonyl (C=O) groups is 1. The van der Waals surface area contributed by atoms with Crippen LogP contribution in [0.2, 0.25) is 0 Å². The summed E-state index contributed by atoms with van der Waals surface area (Å²) < 4.78 is 10.4. The summed E-state index contributed by atoms with van der Waals surface area (Å²) in [6.45, 7) is 1.91. The quantitative estimate of drug-likeness (QED) is 0.831. The molecular weight excluding hydrogens is 208 g/mol. The number of carboxylic acids is 1. The molecule has 0 saturated heterocycles. The van der Waals surface area contributed by atoms with Gasteiger partial charge in [0.05, 0.1) is 14.2 Å². The summed E-state index contributed by atoms with van der Waals surface area (Å²) in [6, 6.07) is 3.74. The van der Waals surface area contributed by atoms with Gasteiger partial charge in [-0.15, -0.1) is 0 Å². The normalized spacial score (nSPS) is 9.94. The van der Waals surface area contributed by atoms with Crippen LogP contribution in [-0.2, 0) is 11.2 Å². The summed E-state index contributed by atoms with van der Waals surface area (Å²) in [4.78, 5) is 10.5. The van der Waals surface area contributed by atoms with E-state index in [0.29, 0.717) is 17.9 Å². The van der Waals surface area contributed by atoms with Gasteiger partial charge in [0.25, 0.3) is 0 Å². The van der Waals surface area contributed by atoms with E-state index in [0.717, 1.165) is 11.1 Å². The van der Waals surface area contributed by atoms with Crippen LogP contribution in [0, 0.1) is 6.92 Å². The lowest BCUT2D eigenvalue weighted by atomic mass is 10.1. The molecule has 1 N–H and O–H groups in total. The lowest BCUT2D eigenvalue weighted by molar-refractivity contribution is -0.136. The molecule has 0 aliphatic rings. The maximum Gasteiger partial charge on any atom is 0.303 e. The fourth-order valence-corrected chi connectivity index (χ4v) is 1.62. The van der Waals surface area contributed by atoms with Crippen molar-refractivity contribution in [3.8, 4) is 11.5 Å². The highest BCUT2D eigenvalue weighted by atomic mass is 16.5. The number of methoxy groups -OCH3 is 2. The molecule has 0 amide bonds. The molecule has 4 nitrogen and oxygen atoms in total. The number of hydrogen-bond donors (Lipinski definition) is 1. The summed E-state index contributed by atoms with van der Waals surface area (Å²) in [5.41, 5.74) is 1.89. The molecule has 1 aromatic rings. The fraction of sp³-hybridized carbons (Fsp3) is 0.417. The van der Waals surface area contributed by atoms with Crippen LogP contribution in [-0.4, -0.2) is 25.3 Å². The lowest BCUT2D eigenvalue weighted by Crippen LogP contribution is -2.00. The van der Waals surface area contributed by atoms with Gasteiger partial charge in [0.1, 0.15) is 0 Å². The van der Waals surface area contributed by atoms with Crippen molar-refractivity contribution in [1.29, 1.82) is 0 Å². The zero-order valence-corrected chi connectivity index (χ0v) is 9.74. The van der Waals surface area contributed by atoms with E-state index in [1.807, 2.05) is 19.1 Å². The number of carboxylic acid groups (broad SMARTS) is 1. The Morgan fingerprint density at radius 3 is 2.50 bits per heavy atom. The second-order valence-electron chi connectivity index (χ2n) is 3.54. The van der Waals surface area contributed by atoms with E-state index < -0.39 is 5.97 Å². The summed E-state index contributed by atoms with van der Waals surface area (Å²) in [7, 11) is 3.15. The maximum atomic E-state index is 10.5. The number of benzene rings is 1. The number of ether oxygens (including phenoxy) is 2. The van der Waals surface area contributed by atoms with Gasteiger partial charge < -0.3 is 14.6 Å². The molecule has 4 heteroatoms. The first-order chi connectivity index (χ1) is 7.58. The Balaban J connectivity index is 2.96. The van der Waals surface area contributed by atoms with Crippen molar-refractivity contribution < 1.29 is 19.4 Å². The smallest absolute Gasteiger partial charge is 0.303 e. The van der Waals surface area contributed by atoms with Gasteiger partial charge in [0, 0.05) is 6.42 Å². The largest absolute Gasteiger partial charge is 0.493 e. The van der Waals surface area contributed by atoms with Crippen molar-refractivity contribution in [1.82, 2.24) is 0 Å². The van der Waals surface area contributed by atoms with Crippen LogP contribution in [0.3, 0.4) is 0 Å². The zero-order chi connectivity index (χ0) is 12.1. The number of hydrogen-bond acceptors (Lipinski definition) is 3. The van der Waals surface area contributed by atoms with E-state index in [9.17, 15) is 4.79 Å². The Bertz CT molecular complexity index is 385. The summed E-state index contributed by atoms with van der Waals surface area (Å²) >= 11 is 0. The molecule has 0 aromatic heterocycles. The average Bonchev–Trinajstić information content (AvgIpc) is 2.25. The molecular formula is C12H16O4. The van der Waals surface area contributed by atoms with Crippen LogP contribution in [0.5, 0.6) is 11.5 Å². The van der Waals surface area contributed by atoms with Crippen molar-refractivity contribution in [2.24, 2.45) is 0 Å². The molecule has 0 saturated carbocycles. The zero-order valence-electron chi connectivity index (χ0n) is 9.74. The first-order valence-corrected chi connectivity index (χ1v) is 5.01. The van der Waals surface area contributed by atoms with E-state index in [4.69, 9.17) is 14.6 Å². The average molecular weight is 224 g/mol. The Morgan fingerprint density at radius 1 is 1.31 bits per heavy atom. The summed E-state index contributed by atoms with van der Waals surface area (Å²) in [5.74, 6) is 0.539. The van der Waals surface area contributed by atoms with Gasteiger partial charge in [-0.3, -0.25) is 4.79 Å². The van der Waals surface area contributed by atoms with E-state index in [1.165, 1.54) is 0 Å². The second-order valence-corrected chi connectivity index (χ2v) is 3.54. The van der Waals surface area contributed by atoms with Crippen molar-refractivity contribution in [3.05, 3.63) is 23.3 Å². The van der Waals surface area contributed by atoms with Gasteiger partial charge in [0.2, 0.25) is 0 Å².